The lowest BCUT2D eigenvalue weighted by Crippen LogP contribution is -2.25. The molecule has 0 aromatic heterocycles. The number of hydrogen-bond donors (Lipinski definition) is 0. The average molecular weight is 417 g/mol. The van der Waals surface area contributed by atoms with E-state index in [0.717, 1.165) is 0 Å². The minimum atomic E-state index is 0.317. The Morgan fingerprint density at radius 2 is 0.606 bits per heavy atom. The first-order valence-electron chi connectivity index (χ1n) is 12.0. The highest BCUT2D eigenvalue weighted by molar-refractivity contribution is 5.89. The van der Waals surface area contributed by atoms with Gasteiger partial charge in [0.1, 0.15) is 0 Å². The molecule has 2 unspecified atom stereocenters. The van der Waals surface area contributed by atoms with Crippen molar-refractivity contribution in [3.8, 4) is 22.3 Å². The van der Waals surface area contributed by atoms with Gasteiger partial charge in [-0.15, -0.1) is 0 Å². The molecule has 5 aromatic carbocycles. The fourth-order valence-electron chi connectivity index (χ4n) is 7.65. The van der Waals surface area contributed by atoms with Crippen molar-refractivity contribution in [2.24, 2.45) is 0 Å². The highest BCUT2D eigenvalue weighted by atomic mass is 14.5. The molecule has 0 nitrogen and oxygen atoms in total. The number of fused-ring (bicyclic) bond motifs is 10. The van der Waals surface area contributed by atoms with Gasteiger partial charge in [0, 0.05) is 17.8 Å². The van der Waals surface area contributed by atoms with Gasteiger partial charge >= 0.3 is 0 Å². The summed E-state index contributed by atoms with van der Waals surface area (Å²) in [7, 11) is 0. The van der Waals surface area contributed by atoms with Crippen molar-refractivity contribution in [1.29, 1.82) is 0 Å². The highest BCUT2D eigenvalue weighted by Crippen LogP contribution is 2.63. The second kappa shape index (κ2) is 5.53. The molecule has 0 N–H and O–H groups in total. The van der Waals surface area contributed by atoms with Gasteiger partial charge in [-0.3, -0.25) is 0 Å². The first-order chi connectivity index (χ1) is 16.4. The summed E-state index contributed by atoms with van der Waals surface area (Å²) in [5.74, 6) is 1.01. The molecule has 5 aromatic rings. The predicted octanol–water partition coefficient (Wildman–Crippen LogP) is 7.81. The van der Waals surface area contributed by atoms with Gasteiger partial charge in [0.15, 0.2) is 0 Å². The monoisotopic (exact) mass is 416 g/mol. The molecule has 9 rings (SSSR count). The van der Waals surface area contributed by atoms with Crippen LogP contribution in [0.2, 0.25) is 0 Å². The van der Waals surface area contributed by atoms with E-state index in [1.54, 1.807) is 16.7 Å². The lowest BCUT2D eigenvalue weighted by molar-refractivity contribution is 0.771. The van der Waals surface area contributed by atoms with Crippen molar-refractivity contribution >= 4 is 0 Å². The Morgan fingerprint density at radius 1 is 0.273 bits per heavy atom. The molecule has 0 saturated heterocycles. The molecule has 152 valence electrons. The van der Waals surface area contributed by atoms with Crippen LogP contribution in [0, 0.1) is 0 Å². The molecular formula is C33H20. The van der Waals surface area contributed by atoms with Gasteiger partial charge in [0.25, 0.3) is 0 Å². The summed E-state index contributed by atoms with van der Waals surface area (Å²) in [4.78, 5) is 0. The first kappa shape index (κ1) is 16.7. The standard InChI is InChI=1S/C33H20/c1-3-10-20-18(8-1)22-12-5-14-24-30(22)28(20)26-16-7-17-27-29-21-11-4-2-9-19(21)23-13-6-15-25(31(23)29)32(24)33(26)27/h1-17,28-29,32H. The van der Waals surface area contributed by atoms with E-state index in [9.17, 15) is 0 Å². The Balaban J connectivity index is 1.46. The van der Waals surface area contributed by atoms with Gasteiger partial charge in [-0.25, -0.2) is 0 Å². The Hall–Kier alpha value is -3.90. The van der Waals surface area contributed by atoms with Crippen LogP contribution in [0.1, 0.15) is 67.8 Å². The van der Waals surface area contributed by atoms with Crippen LogP contribution in [0.5, 0.6) is 0 Å². The van der Waals surface area contributed by atoms with Crippen LogP contribution in [-0.4, -0.2) is 0 Å². The first-order valence-corrected chi connectivity index (χ1v) is 12.0. The Bertz CT molecular complexity index is 1560. The van der Waals surface area contributed by atoms with E-state index < -0.39 is 0 Å². The third kappa shape index (κ3) is 1.77. The Morgan fingerprint density at radius 3 is 1.12 bits per heavy atom. The van der Waals surface area contributed by atoms with Gasteiger partial charge in [-0.2, -0.15) is 0 Å². The number of benzene rings is 5. The number of hydrogen-bond acceptors (Lipinski definition) is 0. The van der Waals surface area contributed by atoms with Crippen LogP contribution >= 0.6 is 0 Å². The largest absolute Gasteiger partial charge is 0.0619 e. The van der Waals surface area contributed by atoms with Gasteiger partial charge in [0.2, 0.25) is 0 Å². The summed E-state index contributed by atoms with van der Waals surface area (Å²) in [5, 5.41) is 0. The molecule has 4 aliphatic carbocycles. The van der Waals surface area contributed by atoms with Crippen molar-refractivity contribution in [3.05, 3.63) is 153 Å². The van der Waals surface area contributed by atoms with Crippen LogP contribution < -0.4 is 0 Å². The van der Waals surface area contributed by atoms with Crippen molar-refractivity contribution in [2.45, 2.75) is 17.8 Å². The van der Waals surface area contributed by atoms with Gasteiger partial charge in [-0.1, -0.05) is 103 Å². The quantitative estimate of drug-likeness (QED) is 0.236. The van der Waals surface area contributed by atoms with Crippen molar-refractivity contribution in [3.63, 3.8) is 0 Å². The molecule has 0 heteroatoms. The lowest BCUT2D eigenvalue weighted by atomic mass is 9.62. The SMILES string of the molecule is c1ccc2c(c1)-c1cccc3c1C2c1cccc2c1C3c1cccc3c1C2c1ccccc1-3. The molecule has 2 atom stereocenters. The van der Waals surface area contributed by atoms with E-state index in [0.29, 0.717) is 17.8 Å². The maximum absolute atomic E-state index is 2.41. The van der Waals surface area contributed by atoms with Crippen LogP contribution in [0.3, 0.4) is 0 Å². The molecule has 4 aliphatic rings. The van der Waals surface area contributed by atoms with Gasteiger partial charge in [-0.05, 0) is 72.3 Å². The van der Waals surface area contributed by atoms with E-state index in [4.69, 9.17) is 0 Å². The molecule has 0 amide bonds. The van der Waals surface area contributed by atoms with E-state index in [-0.39, 0.29) is 0 Å². The van der Waals surface area contributed by atoms with E-state index in [2.05, 4.69) is 103 Å². The van der Waals surface area contributed by atoms with E-state index in [1.807, 2.05) is 0 Å². The second-order valence-corrected chi connectivity index (χ2v) is 9.94. The zero-order chi connectivity index (χ0) is 21.3. The van der Waals surface area contributed by atoms with Crippen molar-refractivity contribution < 1.29 is 0 Å². The smallest absolute Gasteiger partial charge is 0.0358 e. The Kier molecular flexibility index (Phi) is 2.80. The van der Waals surface area contributed by atoms with E-state index in [1.165, 1.54) is 55.6 Å². The number of rotatable bonds is 0. The third-order valence-corrected chi connectivity index (χ3v) is 8.69. The normalized spacial score (nSPS) is 21.0. The minimum Gasteiger partial charge on any atom is -0.0619 e. The van der Waals surface area contributed by atoms with Crippen LogP contribution in [0.15, 0.2) is 103 Å². The molecule has 33 heavy (non-hydrogen) atoms. The summed E-state index contributed by atoms with van der Waals surface area (Å²) < 4.78 is 0. The lowest BCUT2D eigenvalue weighted by Gasteiger charge is -2.40. The Labute approximate surface area is 193 Å². The third-order valence-electron chi connectivity index (χ3n) is 8.69. The molecule has 0 spiro atoms. The van der Waals surface area contributed by atoms with Crippen LogP contribution in [0.4, 0.5) is 0 Å². The minimum absolute atomic E-state index is 0.317. The van der Waals surface area contributed by atoms with Crippen LogP contribution in [0.25, 0.3) is 22.3 Å². The maximum Gasteiger partial charge on any atom is 0.0358 e. The molecule has 0 saturated carbocycles. The zero-order valence-electron chi connectivity index (χ0n) is 18.0. The summed E-state index contributed by atoms with van der Waals surface area (Å²) in [6, 6.07) is 39.3. The molecule has 0 fully saturated rings. The summed E-state index contributed by atoms with van der Waals surface area (Å²) in [6.45, 7) is 0. The molecule has 0 aliphatic heterocycles. The molecular weight excluding hydrogens is 396 g/mol. The fourth-order valence-corrected chi connectivity index (χ4v) is 7.65. The summed E-state index contributed by atoms with van der Waals surface area (Å²) >= 11 is 0. The second-order valence-electron chi connectivity index (χ2n) is 9.94. The fraction of sp³-hybridized carbons (Fsp3) is 0.0909. The van der Waals surface area contributed by atoms with Crippen LogP contribution in [-0.2, 0) is 0 Å². The molecule has 0 radical (unpaired) electrons. The van der Waals surface area contributed by atoms with Gasteiger partial charge in [0.05, 0.1) is 0 Å². The topological polar surface area (TPSA) is 0 Å². The van der Waals surface area contributed by atoms with Crippen molar-refractivity contribution in [1.82, 2.24) is 0 Å². The zero-order valence-corrected chi connectivity index (χ0v) is 18.0. The predicted molar refractivity (Wildman–Crippen MR) is 133 cm³/mol. The maximum atomic E-state index is 2.41. The summed E-state index contributed by atoms with van der Waals surface area (Å²) in [5.41, 5.74) is 19.3. The molecule has 0 heterocycles. The van der Waals surface area contributed by atoms with Crippen molar-refractivity contribution in [2.75, 3.05) is 0 Å². The summed E-state index contributed by atoms with van der Waals surface area (Å²) in [6.07, 6.45) is 0. The molecule has 0 bridgehead atoms. The average Bonchev–Trinajstić information content (AvgIpc) is 3.39. The highest BCUT2D eigenvalue weighted by Gasteiger charge is 2.47. The van der Waals surface area contributed by atoms with E-state index >= 15 is 0 Å². The van der Waals surface area contributed by atoms with Gasteiger partial charge < -0.3 is 0 Å².